The van der Waals surface area contributed by atoms with E-state index in [0.29, 0.717) is 39.0 Å². The summed E-state index contributed by atoms with van der Waals surface area (Å²) in [5, 5.41) is 0. The number of hydrazine groups is 1. The molecule has 7 nitrogen and oxygen atoms in total. The summed E-state index contributed by atoms with van der Waals surface area (Å²) in [4.78, 5) is 33.4. The molecule has 2 N–H and O–H groups in total. The SMILES string of the molecule is O=C(Cc1ccccc1Br)N1CCN(C(=O)C2CC(c3cccnc3)NN2)CC1. The van der Waals surface area contributed by atoms with Gasteiger partial charge in [0.1, 0.15) is 6.04 Å². The second-order valence-electron chi connectivity index (χ2n) is 7.39. The maximum absolute atomic E-state index is 12.9. The Kier molecular flexibility index (Phi) is 6.22. The van der Waals surface area contributed by atoms with Crippen molar-refractivity contribution in [1.82, 2.24) is 25.6 Å². The second kappa shape index (κ2) is 9.02. The second-order valence-corrected chi connectivity index (χ2v) is 8.24. The number of hydrogen-bond acceptors (Lipinski definition) is 5. The van der Waals surface area contributed by atoms with Gasteiger partial charge in [0.15, 0.2) is 0 Å². The molecule has 1 aromatic heterocycles. The standard InChI is InChI=1S/C21H24BrN5O2/c22-17-6-2-1-4-15(17)12-20(28)26-8-10-27(11-9-26)21(29)19-13-18(24-25-19)16-5-3-7-23-14-16/h1-7,14,18-19,24-25H,8-13H2. The van der Waals surface area contributed by atoms with Crippen molar-refractivity contribution in [3.8, 4) is 0 Å². The number of halogens is 1. The number of carbonyl (C=O) groups is 2. The van der Waals surface area contributed by atoms with E-state index in [1.165, 1.54) is 0 Å². The zero-order chi connectivity index (χ0) is 20.2. The number of rotatable bonds is 4. The monoisotopic (exact) mass is 457 g/mol. The summed E-state index contributed by atoms with van der Waals surface area (Å²) < 4.78 is 0.949. The lowest BCUT2D eigenvalue weighted by molar-refractivity contribution is -0.140. The maximum atomic E-state index is 12.9. The van der Waals surface area contributed by atoms with Crippen LogP contribution in [-0.4, -0.2) is 58.8 Å². The molecule has 0 aliphatic carbocycles. The lowest BCUT2D eigenvalue weighted by Crippen LogP contribution is -2.55. The first kappa shape index (κ1) is 20.0. The van der Waals surface area contributed by atoms with Crippen LogP contribution in [0.25, 0.3) is 0 Å². The minimum absolute atomic E-state index is 0.0739. The average molecular weight is 458 g/mol. The number of nitrogens with one attached hydrogen (secondary N) is 2. The van der Waals surface area contributed by atoms with Gasteiger partial charge >= 0.3 is 0 Å². The Morgan fingerprint density at radius 1 is 1.03 bits per heavy atom. The lowest BCUT2D eigenvalue weighted by atomic mass is 10.0. The fourth-order valence-electron chi connectivity index (χ4n) is 3.83. The molecule has 2 aliphatic heterocycles. The molecule has 1 aromatic carbocycles. The Morgan fingerprint density at radius 2 is 1.79 bits per heavy atom. The molecule has 8 heteroatoms. The molecule has 2 unspecified atom stereocenters. The Balaban J connectivity index is 1.28. The lowest BCUT2D eigenvalue weighted by Gasteiger charge is -2.36. The first-order valence-electron chi connectivity index (χ1n) is 9.83. The number of amides is 2. The molecule has 4 rings (SSSR count). The number of benzene rings is 1. The minimum Gasteiger partial charge on any atom is -0.339 e. The van der Waals surface area contributed by atoms with Crippen LogP contribution in [0.5, 0.6) is 0 Å². The molecule has 0 radical (unpaired) electrons. The Morgan fingerprint density at radius 3 is 2.52 bits per heavy atom. The number of pyridine rings is 1. The molecule has 152 valence electrons. The van der Waals surface area contributed by atoms with Gasteiger partial charge in [-0.15, -0.1) is 0 Å². The van der Waals surface area contributed by atoms with E-state index in [2.05, 4.69) is 31.8 Å². The van der Waals surface area contributed by atoms with E-state index in [4.69, 9.17) is 0 Å². The normalized spacial score (nSPS) is 22.0. The summed E-state index contributed by atoms with van der Waals surface area (Å²) in [6, 6.07) is 11.5. The van der Waals surface area contributed by atoms with Crippen molar-refractivity contribution in [2.45, 2.75) is 24.9 Å². The predicted octanol–water partition coefficient (Wildman–Crippen LogP) is 1.67. The van der Waals surface area contributed by atoms with E-state index in [9.17, 15) is 9.59 Å². The highest BCUT2D eigenvalue weighted by molar-refractivity contribution is 9.10. The fourth-order valence-corrected chi connectivity index (χ4v) is 4.26. The zero-order valence-electron chi connectivity index (χ0n) is 16.1. The van der Waals surface area contributed by atoms with Gasteiger partial charge in [0, 0.05) is 49.1 Å². The van der Waals surface area contributed by atoms with Crippen LogP contribution in [0.1, 0.15) is 23.6 Å². The third-order valence-corrected chi connectivity index (χ3v) is 6.31. The Bertz CT molecular complexity index is 870. The molecule has 2 amide bonds. The van der Waals surface area contributed by atoms with E-state index >= 15 is 0 Å². The number of piperazine rings is 1. The number of aromatic nitrogens is 1. The summed E-state index contributed by atoms with van der Waals surface area (Å²) in [6.07, 6.45) is 4.62. The molecule has 2 aliphatic rings. The molecule has 2 fully saturated rings. The summed E-state index contributed by atoms with van der Waals surface area (Å²) in [5.41, 5.74) is 8.37. The van der Waals surface area contributed by atoms with Gasteiger partial charge in [-0.05, 0) is 29.7 Å². The molecule has 0 saturated carbocycles. The molecule has 0 spiro atoms. The topological polar surface area (TPSA) is 77.6 Å². The van der Waals surface area contributed by atoms with Crippen LogP contribution < -0.4 is 10.9 Å². The molecule has 29 heavy (non-hydrogen) atoms. The molecule has 2 saturated heterocycles. The highest BCUT2D eigenvalue weighted by Crippen LogP contribution is 2.23. The quantitative estimate of drug-likeness (QED) is 0.729. The summed E-state index contributed by atoms with van der Waals surface area (Å²) in [5.74, 6) is 0.183. The van der Waals surface area contributed by atoms with Crippen molar-refractivity contribution in [3.05, 3.63) is 64.4 Å². The first-order chi connectivity index (χ1) is 14.1. The van der Waals surface area contributed by atoms with Crippen LogP contribution in [0, 0.1) is 0 Å². The van der Waals surface area contributed by atoms with Crippen molar-refractivity contribution < 1.29 is 9.59 Å². The smallest absolute Gasteiger partial charge is 0.241 e. The van der Waals surface area contributed by atoms with Crippen LogP contribution in [-0.2, 0) is 16.0 Å². The summed E-state index contributed by atoms with van der Waals surface area (Å²) in [7, 11) is 0. The van der Waals surface area contributed by atoms with E-state index in [-0.39, 0.29) is 23.9 Å². The van der Waals surface area contributed by atoms with Gasteiger partial charge in [-0.25, -0.2) is 10.9 Å². The van der Waals surface area contributed by atoms with Gasteiger partial charge in [0.25, 0.3) is 0 Å². The van der Waals surface area contributed by atoms with Crippen molar-refractivity contribution in [2.24, 2.45) is 0 Å². The summed E-state index contributed by atoms with van der Waals surface area (Å²) in [6.45, 7) is 2.27. The first-order valence-corrected chi connectivity index (χ1v) is 10.6. The summed E-state index contributed by atoms with van der Waals surface area (Å²) >= 11 is 3.50. The largest absolute Gasteiger partial charge is 0.339 e. The van der Waals surface area contributed by atoms with Gasteiger partial charge < -0.3 is 9.80 Å². The Labute approximate surface area is 178 Å². The van der Waals surface area contributed by atoms with Crippen LogP contribution in [0.15, 0.2) is 53.3 Å². The van der Waals surface area contributed by atoms with Crippen LogP contribution in [0.3, 0.4) is 0 Å². The zero-order valence-corrected chi connectivity index (χ0v) is 17.6. The molecule has 0 bridgehead atoms. The van der Waals surface area contributed by atoms with Gasteiger partial charge in [0.05, 0.1) is 6.42 Å². The van der Waals surface area contributed by atoms with E-state index < -0.39 is 0 Å². The van der Waals surface area contributed by atoms with E-state index in [1.807, 2.05) is 52.4 Å². The molecule has 2 aromatic rings. The van der Waals surface area contributed by atoms with Crippen molar-refractivity contribution in [2.75, 3.05) is 26.2 Å². The van der Waals surface area contributed by atoms with Crippen molar-refractivity contribution >= 4 is 27.7 Å². The van der Waals surface area contributed by atoms with Crippen LogP contribution in [0.2, 0.25) is 0 Å². The number of carbonyl (C=O) groups excluding carboxylic acids is 2. The minimum atomic E-state index is -0.261. The molecule has 3 heterocycles. The van der Waals surface area contributed by atoms with Gasteiger partial charge in [-0.3, -0.25) is 14.6 Å². The van der Waals surface area contributed by atoms with E-state index in [1.54, 1.807) is 6.20 Å². The predicted molar refractivity (Wildman–Crippen MR) is 113 cm³/mol. The van der Waals surface area contributed by atoms with Gasteiger partial charge in [-0.1, -0.05) is 40.2 Å². The molecule has 2 atom stereocenters. The average Bonchev–Trinajstić information content (AvgIpc) is 3.26. The van der Waals surface area contributed by atoms with Gasteiger partial charge in [-0.2, -0.15) is 0 Å². The highest BCUT2D eigenvalue weighted by Gasteiger charge is 2.34. The van der Waals surface area contributed by atoms with Gasteiger partial charge in [0.2, 0.25) is 11.8 Å². The number of hydrogen-bond donors (Lipinski definition) is 2. The van der Waals surface area contributed by atoms with Crippen LogP contribution in [0.4, 0.5) is 0 Å². The maximum Gasteiger partial charge on any atom is 0.241 e. The molecular formula is C21H24BrN5O2. The fraction of sp³-hybridized carbons (Fsp3) is 0.381. The number of nitrogens with zero attached hydrogens (tertiary/aromatic N) is 3. The van der Waals surface area contributed by atoms with Crippen molar-refractivity contribution in [1.29, 1.82) is 0 Å². The molecular weight excluding hydrogens is 434 g/mol. The third-order valence-electron chi connectivity index (χ3n) is 5.53. The third kappa shape index (κ3) is 4.66. The Hall–Kier alpha value is -2.29. The highest BCUT2D eigenvalue weighted by atomic mass is 79.9. The van der Waals surface area contributed by atoms with Crippen LogP contribution >= 0.6 is 15.9 Å². The van der Waals surface area contributed by atoms with E-state index in [0.717, 1.165) is 15.6 Å². The van der Waals surface area contributed by atoms with Crippen molar-refractivity contribution in [3.63, 3.8) is 0 Å².